The predicted molar refractivity (Wildman–Crippen MR) is 183 cm³/mol. The van der Waals surface area contributed by atoms with Crippen LogP contribution < -0.4 is 0 Å². The Kier molecular flexibility index (Phi) is 4.93. The van der Waals surface area contributed by atoms with Crippen LogP contribution in [0.2, 0.25) is 0 Å². The van der Waals surface area contributed by atoms with Gasteiger partial charge in [0.05, 0.1) is 0 Å². The molecule has 0 aliphatic heterocycles. The van der Waals surface area contributed by atoms with Gasteiger partial charge in [-0.2, -0.15) is 0 Å². The molecule has 0 spiro atoms. The summed E-state index contributed by atoms with van der Waals surface area (Å²) < 4.78 is 2.70. The molecule has 42 heavy (non-hydrogen) atoms. The van der Waals surface area contributed by atoms with Crippen LogP contribution in [0.1, 0.15) is 25.0 Å². The van der Waals surface area contributed by atoms with Crippen LogP contribution in [-0.4, -0.2) is 0 Å². The second-order valence-electron chi connectivity index (χ2n) is 12.2. The molecule has 1 aliphatic rings. The highest BCUT2D eigenvalue weighted by Crippen LogP contribution is 2.52. The van der Waals surface area contributed by atoms with Gasteiger partial charge in [-0.1, -0.05) is 117 Å². The first-order valence-electron chi connectivity index (χ1n) is 14.7. The van der Waals surface area contributed by atoms with Crippen LogP contribution >= 0.6 is 11.3 Å². The minimum absolute atomic E-state index is 0.0570. The first kappa shape index (κ1) is 23.9. The van der Waals surface area contributed by atoms with E-state index in [0.29, 0.717) is 0 Å². The Bertz CT molecular complexity index is 2380. The molecular weight excluding hydrogens is 525 g/mol. The molecule has 0 radical (unpaired) electrons. The Labute approximate surface area is 249 Å². The predicted octanol–water partition coefficient (Wildman–Crippen LogP) is 12.0. The minimum Gasteiger partial charge on any atom is -0.135 e. The van der Waals surface area contributed by atoms with Gasteiger partial charge in [0, 0.05) is 25.6 Å². The lowest BCUT2D eigenvalue weighted by Gasteiger charge is -2.23. The van der Waals surface area contributed by atoms with Crippen molar-refractivity contribution in [2.24, 2.45) is 0 Å². The molecule has 0 bridgehead atoms. The van der Waals surface area contributed by atoms with Gasteiger partial charge in [-0.25, -0.2) is 0 Å². The molecule has 198 valence electrons. The summed E-state index contributed by atoms with van der Waals surface area (Å²) in [6.07, 6.45) is 0. The molecule has 0 amide bonds. The highest BCUT2D eigenvalue weighted by Gasteiger charge is 2.37. The third-order valence-electron chi connectivity index (χ3n) is 9.41. The van der Waals surface area contributed by atoms with Gasteiger partial charge in [-0.05, 0) is 96.4 Å². The molecule has 0 unspecified atom stereocenters. The highest BCUT2D eigenvalue weighted by atomic mass is 32.1. The Hall–Kier alpha value is -4.72. The zero-order valence-electron chi connectivity index (χ0n) is 23.6. The van der Waals surface area contributed by atoms with Crippen molar-refractivity contribution in [3.8, 4) is 33.4 Å². The fraction of sp³-hybridized carbons (Fsp3) is 0.0732. The van der Waals surface area contributed by atoms with Crippen molar-refractivity contribution in [2.45, 2.75) is 19.3 Å². The summed E-state index contributed by atoms with van der Waals surface area (Å²) in [5, 5.41) is 7.96. The van der Waals surface area contributed by atoms with Gasteiger partial charge >= 0.3 is 0 Å². The summed E-state index contributed by atoms with van der Waals surface area (Å²) >= 11 is 1.89. The number of hydrogen-bond acceptors (Lipinski definition) is 1. The molecule has 7 aromatic carbocycles. The van der Waals surface area contributed by atoms with E-state index in [-0.39, 0.29) is 5.41 Å². The smallest absolute Gasteiger partial charge is 0.0433 e. The second-order valence-corrected chi connectivity index (χ2v) is 13.2. The normalized spacial score (nSPS) is 13.7. The van der Waals surface area contributed by atoms with E-state index >= 15 is 0 Å². The standard InChI is InChI=1S/C41H28S/c1-41(2)37-24-27-10-4-3-9-26(27)23-36(37)34-20-18-30-22-28(17-19-31(30)39(34)41)25-11-7-12-29(21-25)32-14-8-15-35-33-13-5-6-16-38(33)42-40(32)35/h3-24H,1-2H3. The molecule has 1 aromatic heterocycles. The molecule has 1 heteroatoms. The number of rotatable bonds is 2. The van der Waals surface area contributed by atoms with Crippen LogP contribution in [0.5, 0.6) is 0 Å². The van der Waals surface area contributed by atoms with E-state index in [2.05, 4.69) is 147 Å². The highest BCUT2D eigenvalue weighted by molar-refractivity contribution is 7.26. The zero-order chi connectivity index (χ0) is 28.0. The third kappa shape index (κ3) is 3.35. The average Bonchev–Trinajstić information content (AvgIpc) is 3.52. The van der Waals surface area contributed by atoms with Gasteiger partial charge in [0.25, 0.3) is 0 Å². The maximum Gasteiger partial charge on any atom is 0.0433 e. The molecular formula is C41H28S. The van der Waals surface area contributed by atoms with Gasteiger partial charge in [0.1, 0.15) is 0 Å². The molecule has 0 fully saturated rings. The van der Waals surface area contributed by atoms with Gasteiger partial charge in [-0.15, -0.1) is 11.3 Å². The van der Waals surface area contributed by atoms with Crippen LogP contribution in [0.15, 0.2) is 133 Å². The van der Waals surface area contributed by atoms with Crippen LogP contribution in [0, 0.1) is 0 Å². The van der Waals surface area contributed by atoms with Gasteiger partial charge in [0.2, 0.25) is 0 Å². The molecule has 0 nitrogen and oxygen atoms in total. The molecule has 1 aliphatic carbocycles. The topological polar surface area (TPSA) is 0 Å². The SMILES string of the molecule is CC1(C)c2cc3ccccc3cc2-c2ccc3cc(-c4cccc(-c5cccc6c5sc5ccccc56)c4)ccc3c21. The zero-order valence-corrected chi connectivity index (χ0v) is 24.4. The summed E-state index contributed by atoms with van der Waals surface area (Å²) in [5.74, 6) is 0. The fourth-order valence-electron chi connectivity index (χ4n) is 7.36. The summed E-state index contributed by atoms with van der Waals surface area (Å²) in [4.78, 5) is 0. The molecule has 0 N–H and O–H groups in total. The average molecular weight is 553 g/mol. The Balaban J connectivity index is 1.17. The third-order valence-corrected chi connectivity index (χ3v) is 10.6. The van der Waals surface area contributed by atoms with Crippen molar-refractivity contribution in [1.29, 1.82) is 0 Å². The lowest BCUT2D eigenvalue weighted by molar-refractivity contribution is 0.667. The van der Waals surface area contributed by atoms with Crippen molar-refractivity contribution in [3.05, 3.63) is 145 Å². The molecule has 0 atom stereocenters. The fourth-order valence-corrected chi connectivity index (χ4v) is 8.60. The van der Waals surface area contributed by atoms with Crippen molar-refractivity contribution in [1.82, 2.24) is 0 Å². The molecule has 1 heterocycles. The van der Waals surface area contributed by atoms with E-state index in [0.717, 1.165) is 0 Å². The Morgan fingerprint density at radius 2 is 1.19 bits per heavy atom. The Morgan fingerprint density at radius 3 is 2.10 bits per heavy atom. The van der Waals surface area contributed by atoms with Crippen LogP contribution in [-0.2, 0) is 5.41 Å². The minimum atomic E-state index is -0.0570. The lowest BCUT2D eigenvalue weighted by Crippen LogP contribution is -2.15. The van der Waals surface area contributed by atoms with Gasteiger partial charge < -0.3 is 0 Å². The number of hydrogen-bond donors (Lipinski definition) is 0. The number of benzene rings is 7. The van der Waals surface area contributed by atoms with Crippen molar-refractivity contribution >= 4 is 53.1 Å². The summed E-state index contributed by atoms with van der Waals surface area (Å²) in [6.45, 7) is 4.77. The van der Waals surface area contributed by atoms with E-state index in [9.17, 15) is 0 Å². The summed E-state index contributed by atoms with van der Waals surface area (Å²) in [6, 6.07) is 49.8. The van der Waals surface area contributed by atoms with Crippen molar-refractivity contribution in [3.63, 3.8) is 0 Å². The van der Waals surface area contributed by atoms with Crippen molar-refractivity contribution < 1.29 is 0 Å². The number of thiophene rings is 1. The van der Waals surface area contributed by atoms with Crippen LogP contribution in [0.25, 0.3) is 75.1 Å². The Morgan fingerprint density at radius 1 is 0.452 bits per heavy atom. The first-order valence-corrected chi connectivity index (χ1v) is 15.5. The quantitative estimate of drug-likeness (QED) is 0.200. The first-order chi connectivity index (χ1) is 20.6. The van der Waals surface area contributed by atoms with E-state index in [1.165, 1.54) is 86.2 Å². The molecule has 0 saturated heterocycles. The van der Waals surface area contributed by atoms with Crippen LogP contribution in [0.4, 0.5) is 0 Å². The lowest BCUT2D eigenvalue weighted by atomic mass is 9.79. The number of fused-ring (bicyclic) bond motifs is 9. The molecule has 9 rings (SSSR count). The van der Waals surface area contributed by atoms with Crippen LogP contribution in [0.3, 0.4) is 0 Å². The van der Waals surface area contributed by atoms with E-state index in [1.807, 2.05) is 11.3 Å². The summed E-state index contributed by atoms with van der Waals surface area (Å²) in [7, 11) is 0. The summed E-state index contributed by atoms with van der Waals surface area (Å²) in [5.41, 5.74) is 10.6. The molecule has 0 saturated carbocycles. The van der Waals surface area contributed by atoms with E-state index in [1.54, 1.807) is 0 Å². The second kappa shape index (κ2) is 8.64. The van der Waals surface area contributed by atoms with Crippen molar-refractivity contribution in [2.75, 3.05) is 0 Å². The molecule has 8 aromatic rings. The van der Waals surface area contributed by atoms with E-state index in [4.69, 9.17) is 0 Å². The van der Waals surface area contributed by atoms with Gasteiger partial charge in [0.15, 0.2) is 0 Å². The van der Waals surface area contributed by atoms with Gasteiger partial charge in [-0.3, -0.25) is 0 Å². The largest absolute Gasteiger partial charge is 0.135 e. The maximum absolute atomic E-state index is 2.41. The monoisotopic (exact) mass is 552 g/mol. The maximum atomic E-state index is 2.41. The van der Waals surface area contributed by atoms with E-state index < -0.39 is 0 Å².